The Morgan fingerprint density at radius 2 is 1.87 bits per heavy atom. The van der Waals surface area contributed by atoms with E-state index in [4.69, 9.17) is 0 Å². The summed E-state index contributed by atoms with van der Waals surface area (Å²) < 4.78 is 0. The van der Waals surface area contributed by atoms with Gasteiger partial charge in [-0.3, -0.25) is 4.79 Å². The first-order chi connectivity index (χ1) is 11.2. The molecule has 0 radical (unpaired) electrons. The molecule has 2 aliphatic heterocycles. The molecule has 0 aromatic carbocycles. The number of nitrogens with zero attached hydrogens (tertiary/aromatic N) is 4. The van der Waals surface area contributed by atoms with E-state index in [9.17, 15) is 4.79 Å². The predicted molar refractivity (Wildman–Crippen MR) is 89.0 cm³/mol. The van der Waals surface area contributed by atoms with Gasteiger partial charge < -0.3 is 9.80 Å². The maximum atomic E-state index is 12.4. The average Bonchev–Trinajstić information content (AvgIpc) is 3.33. The van der Waals surface area contributed by atoms with E-state index in [0.717, 1.165) is 51.4 Å². The fourth-order valence-corrected chi connectivity index (χ4v) is 4.34. The minimum Gasteiger partial charge on any atom is -0.342 e. The van der Waals surface area contributed by atoms with E-state index < -0.39 is 0 Å². The zero-order valence-corrected chi connectivity index (χ0v) is 13.9. The molecule has 124 valence electrons. The first kappa shape index (κ1) is 14.9. The highest BCUT2D eigenvalue weighted by Crippen LogP contribution is 2.43. The maximum Gasteiger partial charge on any atom is 0.225 e. The summed E-state index contributed by atoms with van der Waals surface area (Å²) in [5.41, 5.74) is 0.351. The second-order valence-electron chi connectivity index (χ2n) is 7.72. The van der Waals surface area contributed by atoms with Gasteiger partial charge in [0.1, 0.15) is 0 Å². The number of amides is 1. The van der Waals surface area contributed by atoms with Crippen molar-refractivity contribution < 1.29 is 4.79 Å². The van der Waals surface area contributed by atoms with Gasteiger partial charge in [0.15, 0.2) is 0 Å². The Kier molecular flexibility index (Phi) is 3.74. The van der Waals surface area contributed by atoms with Crippen molar-refractivity contribution in [2.45, 2.75) is 39.0 Å². The van der Waals surface area contributed by atoms with Crippen molar-refractivity contribution in [3.05, 3.63) is 18.5 Å². The molecule has 3 aliphatic rings. The van der Waals surface area contributed by atoms with Crippen molar-refractivity contribution in [2.75, 3.05) is 31.1 Å². The number of aromatic nitrogens is 2. The van der Waals surface area contributed by atoms with Gasteiger partial charge in [0, 0.05) is 44.5 Å². The molecule has 1 aromatic rings. The number of carbonyl (C=O) groups is 1. The molecule has 0 unspecified atom stereocenters. The van der Waals surface area contributed by atoms with Crippen LogP contribution in [0.2, 0.25) is 0 Å². The van der Waals surface area contributed by atoms with Crippen LogP contribution in [0.3, 0.4) is 0 Å². The quantitative estimate of drug-likeness (QED) is 0.841. The van der Waals surface area contributed by atoms with E-state index >= 15 is 0 Å². The van der Waals surface area contributed by atoms with E-state index in [-0.39, 0.29) is 0 Å². The first-order valence-corrected chi connectivity index (χ1v) is 8.98. The molecular formula is C18H26N4O. The summed E-state index contributed by atoms with van der Waals surface area (Å²) in [6.07, 6.45) is 9.47. The fraction of sp³-hybridized carbons (Fsp3) is 0.722. The predicted octanol–water partition coefficient (Wildman–Crippen LogP) is 2.34. The molecule has 1 aliphatic carbocycles. The van der Waals surface area contributed by atoms with Crippen LogP contribution in [0.5, 0.6) is 0 Å². The van der Waals surface area contributed by atoms with Gasteiger partial charge in [-0.1, -0.05) is 6.92 Å². The van der Waals surface area contributed by atoms with Crippen molar-refractivity contribution in [1.29, 1.82) is 0 Å². The number of likely N-dealkylation sites (tertiary alicyclic amines) is 1. The molecule has 3 heterocycles. The summed E-state index contributed by atoms with van der Waals surface area (Å²) >= 11 is 0. The van der Waals surface area contributed by atoms with Crippen LogP contribution in [-0.2, 0) is 4.79 Å². The Morgan fingerprint density at radius 3 is 2.52 bits per heavy atom. The molecule has 0 N–H and O–H groups in total. The van der Waals surface area contributed by atoms with Crippen molar-refractivity contribution >= 4 is 11.9 Å². The summed E-state index contributed by atoms with van der Waals surface area (Å²) in [7, 11) is 0. The van der Waals surface area contributed by atoms with Gasteiger partial charge in [-0.25, -0.2) is 9.97 Å². The van der Waals surface area contributed by atoms with Crippen molar-refractivity contribution in [3.63, 3.8) is 0 Å². The molecule has 1 amide bonds. The zero-order chi connectivity index (χ0) is 15.9. The van der Waals surface area contributed by atoms with Crippen LogP contribution in [0.1, 0.15) is 39.0 Å². The molecule has 2 saturated heterocycles. The lowest BCUT2D eigenvalue weighted by Gasteiger charge is -2.47. The summed E-state index contributed by atoms with van der Waals surface area (Å²) in [5.74, 6) is 2.20. The number of hydrogen-bond acceptors (Lipinski definition) is 4. The highest BCUT2D eigenvalue weighted by atomic mass is 16.2. The van der Waals surface area contributed by atoms with Gasteiger partial charge in [-0.15, -0.1) is 0 Å². The summed E-state index contributed by atoms with van der Waals surface area (Å²) in [6.45, 7) is 6.15. The largest absolute Gasteiger partial charge is 0.342 e. The second-order valence-corrected chi connectivity index (χ2v) is 7.72. The highest BCUT2D eigenvalue weighted by molar-refractivity contribution is 5.81. The average molecular weight is 314 g/mol. The molecule has 23 heavy (non-hydrogen) atoms. The number of piperidine rings is 2. The lowest BCUT2D eigenvalue weighted by atomic mass is 9.72. The SMILES string of the molecule is C[C@H]1C[C@H]1C(=O)N1CCC2(CCCN(c3ncccn3)C2)CC1. The Bertz CT molecular complexity index is 568. The van der Waals surface area contributed by atoms with Crippen LogP contribution in [0.25, 0.3) is 0 Å². The molecule has 0 bridgehead atoms. The first-order valence-electron chi connectivity index (χ1n) is 8.98. The highest BCUT2D eigenvalue weighted by Gasteiger charge is 2.45. The zero-order valence-electron chi connectivity index (χ0n) is 13.9. The Morgan fingerprint density at radius 1 is 1.17 bits per heavy atom. The van der Waals surface area contributed by atoms with Crippen LogP contribution in [0.15, 0.2) is 18.5 Å². The van der Waals surface area contributed by atoms with Gasteiger partial charge in [-0.05, 0) is 49.5 Å². The number of carbonyl (C=O) groups excluding carboxylic acids is 1. The third-order valence-corrected chi connectivity index (χ3v) is 6.06. The van der Waals surface area contributed by atoms with Crippen molar-refractivity contribution in [1.82, 2.24) is 14.9 Å². The monoisotopic (exact) mass is 314 g/mol. The van der Waals surface area contributed by atoms with Crippen molar-refractivity contribution in [3.8, 4) is 0 Å². The molecule has 2 atom stereocenters. The van der Waals surface area contributed by atoms with Gasteiger partial charge in [-0.2, -0.15) is 0 Å². The van der Waals surface area contributed by atoms with Gasteiger partial charge in [0.05, 0.1) is 0 Å². The molecule has 3 fully saturated rings. The minimum atomic E-state index is 0.324. The normalized spacial score (nSPS) is 29.6. The number of anilines is 1. The molecule has 1 aromatic heterocycles. The Hall–Kier alpha value is -1.65. The van der Waals surface area contributed by atoms with Gasteiger partial charge in [0.25, 0.3) is 0 Å². The number of rotatable bonds is 2. The standard InChI is InChI=1S/C18H26N4O/c1-14-12-15(14)16(23)21-10-5-18(6-11-21)4-2-9-22(13-18)17-19-7-3-8-20-17/h3,7-8,14-15H,2,4-6,9-13H2,1H3/t14-,15+/m0/s1. The molecular weight excluding hydrogens is 288 g/mol. The van der Waals surface area contributed by atoms with Gasteiger partial charge in [0.2, 0.25) is 11.9 Å². The minimum absolute atomic E-state index is 0.324. The van der Waals surface area contributed by atoms with Crippen LogP contribution >= 0.6 is 0 Å². The van der Waals surface area contributed by atoms with Crippen LogP contribution in [0, 0.1) is 17.3 Å². The van der Waals surface area contributed by atoms with Crippen LogP contribution < -0.4 is 4.90 Å². The Labute approximate surface area is 138 Å². The smallest absolute Gasteiger partial charge is 0.225 e. The van der Waals surface area contributed by atoms with Gasteiger partial charge >= 0.3 is 0 Å². The van der Waals surface area contributed by atoms with Crippen LogP contribution in [0.4, 0.5) is 5.95 Å². The number of hydrogen-bond donors (Lipinski definition) is 0. The molecule has 5 heteroatoms. The van der Waals surface area contributed by atoms with E-state index in [2.05, 4.69) is 26.7 Å². The summed E-state index contributed by atoms with van der Waals surface area (Å²) in [6, 6.07) is 1.87. The Balaban J connectivity index is 1.39. The lowest BCUT2D eigenvalue weighted by Crippen LogP contribution is -2.51. The molecule has 5 nitrogen and oxygen atoms in total. The maximum absolute atomic E-state index is 12.4. The van der Waals surface area contributed by atoms with E-state index in [1.54, 1.807) is 0 Å². The summed E-state index contributed by atoms with van der Waals surface area (Å²) in [5, 5.41) is 0. The third-order valence-electron chi connectivity index (χ3n) is 6.06. The van der Waals surface area contributed by atoms with E-state index in [1.165, 1.54) is 12.8 Å². The van der Waals surface area contributed by atoms with E-state index in [0.29, 0.717) is 23.2 Å². The molecule has 4 rings (SSSR count). The van der Waals surface area contributed by atoms with Crippen LogP contribution in [-0.4, -0.2) is 47.0 Å². The fourth-order valence-electron chi connectivity index (χ4n) is 4.34. The summed E-state index contributed by atoms with van der Waals surface area (Å²) in [4.78, 5) is 25.7. The lowest BCUT2D eigenvalue weighted by molar-refractivity contribution is -0.135. The third kappa shape index (κ3) is 2.93. The second kappa shape index (κ2) is 5.77. The van der Waals surface area contributed by atoms with Crippen molar-refractivity contribution in [2.24, 2.45) is 17.3 Å². The molecule has 1 saturated carbocycles. The molecule has 1 spiro atoms. The van der Waals surface area contributed by atoms with E-state index in [1.807, 2.05) is 18.5 Å². The topological polar surface area (TPSA) is 49.3 Å².